The van der Waals surface area contributed by atoms with Crippen LogP contribution in [0, 0.1) is 0 Å². The minimum absolute atomic E-state index is 0.243. The number of carbonyl (C=O) groups excluding carboxylic acids is 1. The summed E-state index contributed by atoms with van der Waals surface area (Å²) in [5.74, 6) is -0.271. The summed E-state index contributed by atoms with van der Waals surface area (Å²) < 4.78 is 34.5. The molecule has 0 aromatic carbocycles. The highest BCUT2D eigenvalue weighted by Gasteiger charge is 2.54. The fraction of sp³-hybridized carbons (Fsp3) is 0.874. The van der Waals surface area contributed by atoms with Crippen molar-refractivity contribution in [2.24, 2.45) is 0 Å². The summed E-state index contributed by atoms with van der Waals surface area (Å²) in [6, 6.07) is -0.977. The molecule has 3 saturated heterocycles. The first-order valence-electron chi connectivity index (χ1n) is 43.5. The second-order valence-corrected chi connectivity index (χ2v) is 31.0. The van der Waals surface area contributed by atoms with Crippen LogP contribution in [-0.4, -0.2) is 193 Å². The molecule has 0 spiro atoms. The third-order valence-corrected chi connectivity index (χ3v) is 21.6. The largest absolute Gasteiger partial charge is 0.394 e. The van der Waals surface area contributed by atoms with E-state index in [1.807, 2.05) is 6.08 Å². The van der Waals surface area contributed by atoms with E-state index in [0.717, 1.165) is 70.6 Å². The first-order chi connectivity index (χ1) is 51.8. The number of unbranched alkanes of at least 4 members (excludes halogenated alkanes) is 46. The van der Waals surface area contributed by atoms with E-state index < -0.39 is 124 Å². The van der Waals surface area contributed by atoms with Gasteiger partial charge in [0.25, 0.3) is 0 Å². The number of ether oxygens (including phenoxy) is 6. The van der Waals surface area contributed by atoms with Crippen LogP contribution >= 0.6 is 0 Å². The molecule has 3 fully saturated rings. The predicted molar refractivity (Wildman–Crippen MR) is 425 cm³/mol. The molecule has 19 heteroatoms. The van der Waals surface area contributed by atoms with Crippen molar-refractivity contribution in [1.82, 2.24) is 5.32 Å². The Kier molecular flexibility index (Phi) is 61.8. The standard InChI is InChI=1S/C87H159NO18/c1-3-5-7-9-11-13-15-17-19-21-23-25-27-29-31-33-34-35-37-38-40-42-44-46-48-50-52-54-56-58-60-62-64-71(92)70(88-75(93)65-63-61-59-57-55-53-51-49-47-45-43-41-39-36-32-30-28-26-24-22-20-18-16-14-12-10-8-6-4-2)69-101-85-81(99)78(96)83(73(67-90)103-85)106-87-82(100)79(97)84(74(68-91)104-87)105-86-80(98)77(95)76(94)72(66-89)102-86/h6,8,12,14,18,20,24,26,62,64,70-74,76-87,89-92,94-100H,3-5,7,9-11,13,15-17,19,21-23,25,27-61,63,65-69H2,1-2H3,(H,88,93)/b8-6-,14-12-,20-18-,26-24-,64-62+. The minimum Gasteiger partial charge on any atom is -0.394 e. The summed E-state index contributed by atoms with van der Waals surface area (Å²) >= 11 is 0. The van der Waals surface area contributed by atoms with Gasteiger partial charge in [0.2, 0.25) is 5.91 Å². The van der Waals surface area contributed by atoms with Gasteiger partial charge >= 0.3 is 0 Å². The quantitative estimate of drug-likeness (QED) is 0.0199. The first-order valence-corrected chi connectivity index (χ1v) is 43.5. The Morgan fingerprint density at radius 1 is 0.349 bits per heavy atom. The SMILES string of the molecule is CC/C=C\C/C=C\C/C=C\C/C=C\CCCCCCCCCCCCCCCCCCC(=O)NC(COC1OC(CO)C(OC2OC(CO)C(OC3OC(CO)C(O)C(O)C3O)C(O)C2O)C(O)C1O)C(O)/C=C/CCCCCCCCCCCCCCCCCCCCCCCCCCCCCCCC. The molecule has 17 atom stereocenters. The Morgan fingerprint density at radius 3 is 1.02 bits per heavy atom. The molecule has 0 radical (unpaired) electrons. The lowest BCUT2D eigenvalue weighted by molar-refractivity contribution is -0.379. The van der Waals surface area contributed by atoms with Crippen molar-refractivity contribution in [1.29, 1.82) is 0 Å². The van der Waals surface area contributed by atoms with Gasteiger partial charge in [-0.1, -0.05) is 351 Å². The number of allylic oxidation sites excluding steroid dienone is 9. The molecular formula is C87H159NO18. The summed E-state index contributed by atoms with van der Waals surface area (Å²) in [5.41, 5.74) is 0. The molecule has 3 heterocycles. The highest BCUT2D eigenvalue weighted by molar-refractivity contribution is 5.76. The van der Waals surface area contributed by atoms with Crippen molar-refractivity contribution in [3.63, 3.8) is 0 Å². The maximum Gasteiger partial charge on any atom is 0.220 e. The molecular weight excluding hydrogens is 1350 g/mol. The second kappa shape index (κ2) is 67.0. The van der Waals surface area contributed by atoms with Gasteiger partial charge in [-0.3, -0.25) is 4.79 Å². The van der Waals surface area contributed by atoms with Gasteiger partial charge in [0.15, 0.2) is 18.9 Å². The van der Waals surface area contributed by atoms with Gasteiger partial charge in [-0.25, -0.2) is 0 Å². The molecule has 0 aromatic rings. The molecule has 0 aromatic heterocycles. The van der Waals surface area contributed by atoms with Crippen LogP contribution in [0.2, 0.25) is 0 Å². The van der Waals surface area contributed by atoms with Crippen molar-refractivity contribution in [2.75, 3.05) is 26.4 Å². The Bertz CT molecular complexity index is 2150. The zero-order chi connectivity index (χ0) is 76.7. The van der Waals surface area contributed by atoms with Gasteiger partial charge in [0.1, 0.15) is 73.2 Å². The first kappa shape index (κ1) is 97.7. The van der Waals surface area contributed by atoms with Crippen LogP contribution < -0.4 is 5.32 Å². The monoisotopic (exact) mass is 1510 g/mol. The lowest BCUT2D eigenvalue weighted by Crippen LogP contribution is -2.66. The van der Waals surface area contributed by atoms with Crippen LogP contribution in [0.25, 0.3) is 0 Å². The Hall–Kier alpha value is -2.51. The molecule has 0 saturated carbocycles. The number of hydrogen-bond acceptors (Lipinski definition) is 18. The predicted octanol–water partition coefficient (Wildman–Crippen LogP) is 15.8. The van der Waals surface area contributed by atoms with Gasteiger partial charge in [-0.2, -0.15) is 0 Å². The summed E-state index contributed by atoms with van der Waals surface area (Å²) in [6.45, 7) is 1.68. The van der Waals surface area contributed by atoms with Crippen molar-refractivity contribution in [2.45, 2.75) is 458 Å². The van der Waals surface area contributed by atoms with E-state index in [0.29, 0.717) is 6.42 Å². The van der Waals surface area contributed by atoms with Gasteiger partial charge in [-0.15, -0.1) is 0 Å². The van der Waals surface area contributed by atoms with E-state index in [1.54, 1.807) is 6.08 Å². The van der Waals surface area contributed by atoms with Crippen LogP contribution in [-0.2, 0) is 33.2 Å². The van der Waals surface area contributed by atoms with Crippen LogP contribution in [0.4, 0.5) is 0 Å². The summed E-state index contributed by atoms with van der Waals surface area (Å²) in [5, 5.41) is 121. The fourth-order valence-corrected chi connectivity index (χ4v) is 14.7. The second-order valence-electron chi connectivity index (χ2n) is 31.0. The van der Waals surface area contributed by atoms with Gasteiger partial charge in [0, 0.05) is 6.42 Å². The van der Waals surface area contributed by atoms with Crippen molar-refractivity contribution in [3.05, 3.63) is 60.8 Å². The number of hydrogen-bond donors (Lipinski definition) is 12. The number of nitrogens with one attached hydrogen (secondary N) is 1. The number of amides is 1. The minimum atomic E-state index is -1.98. The number of rotatable bonds is 70. The van der Waals surface area contributed by atoms with Crippen LogP contribution in [0.1, 0.15) is 354 Å². The summed E-state index contributed by atoms with van der Waals surface area (Å²) in [4.78, 5) is 13.5. The Balaban J connectivity index is 1.34. The average Bonchev–Trinajstić information content (AvgIpc) is 0.781. The van der Waals surface area contributed by atoms with Crippen molar-refractivity contribution in [3.8, 4) is 0 Å². The molecule has 17 unspecified atom stereocenters. The number of aliphatic hydroxyl groups is 11. The van der Waals surface area contributed by atoms with E-state index in [-0.39, 0.29) is 18.9 Å². The molecule has 0 bridgehead atoms. The highest BCUT2D eigenvalue weighted by atomic mass is 16.8. The topological polar surface area (TPSA) is 307 Å². The number of aliphatic hydroxyl groups excluding tert-OH is 11. The molecule has 3 rings (SSSR count). The fourth-order valence-electron chi connectivity index (χ4n) is 14.7. The molecule has 1 amide bonds. The molecule has 0 aliphatic carbocycles. The van der Waals surface area contributed by atoms with Gasteiger partial charge in [0.05, 0.1) is 38.6 Å². The molecule has 19 nitrogen and oxygen atoms in total. The van der Waals surface area contributed by atoms with Gasteiger partial charge in [-0.05, 0) is 57.8 Å². The normalized spacial score (nSPS) is 25.9. The van der Waals surface area contributed by atoms with Crippen LogP contribution in [0.15, 0.2) is 60.8 Å². The molecule has 3 aliphatic heterocycles. The van der Waals surface area contributed by atoms with Crippen LogP contribution in [0.5, 0.6) is 0 Å². The maximum absolute atomic E-state index is 13.5. The third kappa shape index (κ3) is 45.9. The molecule has 12 N–H and O–H groups in total. The zero-order valence-corrected chi connectivity index (χ0v) is 66.7. The summed E-state index contributed by atoms with van der Waals surface area (Å²) in [7, 11) is 0. The zero-order valence-electron chi connectivity index (χ0n) is 66.7. The van der Waals surface area contributed by atoms with Crippen molar-refractivity contribution < 1.29 is 89.4 Å². The number of carbonyl (C=O) groups is 1. The highest BCUT2D eigenvalue weighted by Crippen LogP contribution is 2.33. The maximum atomic E-state index is 13.5. The van der Waals surface area contributed by atoms with E-state index >= 15 is 0 Å². The lowest BCUT2D eigenvalue weighted by Gasteiger charge is -2.48. The van der Waals surface area contributed by atoms with E-state index in [4.69, 9.17) is 28.4 Å². The van der Waals surface area contributed by atoms with Gasteiger partial charge < -0.3 is 89.9 Å². The van der Waals surface area contributed by atoms with Crippen molar-refractivity contribution >= 4 is 5.91 Å². The Morgan fingerprint density at radius 2 is 0.651 bits per heavy atom. The van der Waals surface area contributed by atoms with Crippen LogP contribution in [0.3, 0.4) is 0 Å². The molecule has 106 heavy (non-hydrogen) atoms. The molecule has 3 aliphatic rings. The molecule has 620 valence electrons. The van der Waals surface area contributed by atoms with E-state index in [1.165, 1.54) is 257 Å². The smallest absolute Gasteiger partial charge is 0.220 e. The van der Waals surface area contributed by atoms with E-state index in [9.17, 15) is 61.0 Å². The third-order valence-electron chi connectivity index (χ3n) is 21.6. The summed E-state index contributed by atoms with van der Waals surface area (Å²) in [6.07, 6.45) is 60.8. The van der Waals surface area contributed by atoms with E-state index in [2.05, 4.69) is 67.8 Å². The lowest BCUT2D eigenvalue weighted by atomic mass is 9.96. The average molecular weight is 1510 g/mol. The Labute approximate surface area is 643 Å².